The minimum atomic E-state index is -1.27. The lowest BCUT2D eigenvalue weighted by Gasteiger charge is -2.36. The number of nitrogens with two attached hydrogens (primary N) is 1. The van der Waals surface area contributed by atoms with Gasteiger partial charge in [-0.3, -0.25) is 29.4 Å². The summed E-state index contributed by atoms with van der Waals surface area (Å²) in [6, 6.07) is 16.8. The molecule has 1 aliphatic rings. The number of anilines is 1. The zero-order valence-corrected chi connectivity index (χ0v) is 27.6. The van der Waals surface area contributed by atoms with Gasteiger partial charge in [-0.25, -0.2) is 4.39 Å². The second-order valence-electron chi connectivity index (χ2n) is 12.6. The zero-order valence-electron chi connectivity index (χ0n) is 27.6. The van der Waals surface area contributed by atoms with Crippen molar-refractivity contribution in [2.24, 2.45) is 5.73 Å². The molecule has 1 fully saturated rings. The van der Waals surface area contributed by atoms with Crippen LogP contribution in [-0.2, 0) is 27.5 Å². The number of halogens is 1. The van der Waals surface area contributed by atoms with Crippen molar-refractivity contribution < 1.29 is 33.2 Å². The molecule has 0 aliphatic carbocycles. The number of hydrogen-bond donors (Lipinski definition) is 2. The predicted octanol–water partition coefficient (Wildman–Crippen LogP) is 4.21. The van der Waals surface area contributed by atoms with Gasteiger partial charge in [0.15, 0.2) is 5.75 Å². The second kappa shape index (κ2) is 16.0. The van der Waals surface area contributed by atoms with E-state index < -0.39 is 45.9 Å². The summed E-state index contributed by atoms with van der Waals surface area (Å²) in [5.74, 6) is -2.95. The fourth-order valence-electron chi connectivity index (χ4n) is 5.33. The number of para-hydroxylation sites is 1. The van der Waals surface area contributed by atoms with E-state index in [9.17, 15) is 28.9 Å². The van der Waals surface area contributed by atoms with Crippen molar-refractivity contribution in [1.29, 1.82) is 5.26 Å². The number of nitro groups is 1. The molecule has 0 unspecified atom stereocenters. The van der Waals surface area contributed by atoms with Crippen molar-refractivity contribution >= 4 is 29.2 Å². The van der Waals surface area contributed by atoms with Crippen LogP contribution in [0.2, 0.25) is 0 Å². The van der Waals surface area contributed by atoms with Gasteiger partial charge in [-0.05, 0) is 68.7 Å². The number of piperazine rings is 1. The minimum absolute atomic E-state index is 0.0131. The standard InChI is InChI=1S/C35H39FN6O7/c1-35(2,3)49-31(43)14-12-28(33(38)44)39-34(45)26-5-4-6-30(32(26)42(46)47)48-22-24-9-7-23(8-10-24)21-40-15-17-41(18-16-40)29-13-11-25(20-37)19-27(29)36/h4-11,13,19,28H,12,14-18,21-22H2,1-3H3,(H2,38,44)(H,39,45)/t28-/m0/s1. The Bertz CT molecular complexity index is 1730. The number of benzene rings is 3. The van der Waals surface area contributed by atoms with Crippen LogP contribution in [-0.4, -0.2) is 65.4 Å². The molecule has 258 valence electrons. The van der Waals surface area contributed by atoms with Gasteiger partial charge >= 0.3 is 11.7 Å². The largest absolute Gasteiger partial charge is 0.482 e. The smallest absolute Gasteiger partial charge is 0.323 e. The maximum absolute atomic E-state index is 14.5. The van der Waals surface area contributed by atoms with E-state index >= 15 is 0 Å². The maximum atomic E-state index is 14.5. The monoisotopic (exact) mass is 674 g/mol. The number of carbonyl (C=O) groups excluding carboxylic acids is 3. The lowest BCUT2D eigenvalue weighted by molar-refractivity contribution is -0.386. The first-order valence-electron chi connectivity index (χ1n) is 15.7. The molecule has 0 radical (unpaired) electrons. The van der Waals surface area contributed by atoms with Crippen LogP contribution in [0, 0.1) is 27.3 Å². The van der Waals surface area contributed by atoms with Gasteiger partial charge in [-0.2, -0.15) is 5.26 Å². The van der Waals surface area contributed by atoms with E-state index in [1.165, 1.54) is 24.3 Å². The number of nitriles is 1. The fourth-order valence-corrected chi connectivity index (χ4v) is 5.33. The number of ether oxygens (including phenoxy) is 2. The molecule has 1 aliphatic heterocycles. The van der Waals surface area contributed by atoms with Gasteiger partial charge in [-0.1, -0.05) is 30.3 Å². The second-order valence-corrected chi connectivity index (χ2v) is 12.6. The number of esters is 1. The number of hydrogen-bond acceptors (Lipinski definition) is 10. The maximum Gasteiger partial charge on any atom is 0.323 e. The first-order valence-corrected chi connectivity index (χ1v) is 15.7. The molecule has 4 rings (SSSR count). The molecule has 3 N–H and O–H groups in total. The van der Waals surface area contributed by atoms with Gasteiger partial charge < -0.3 is 25.4 Å². The Morgan fingerprint density at radius 2 is 1.73 bits per heavy atom. The summed E-state index contributed by atoms with van der Waals surface area (Å²) in [5.41, 5.74) is 6.34. The van der Waals surface area contributed by atoms with E-state index in [1.807, 2.05) is 35.2 Å². The van der Waals surface area contributed by atoms with Crippen LogP contribution in [0.5, 0.6) is 5.75 Å². The Morgan fingerprint density at radius 1 is 1.06 bits per heavy atom. The fraction of sp³-hybridized carbons (Fsp3) is 0.371. The molecule has 0 spiro atoms. The Hall–Kier alpha value is -5.55. The minimum Gasteiger partial charge on any atom is -0.482 e. The van der Waals surface area contributed by atoms with E-state index in [0.717, 1.165) is 24.2 Å². The first-order chi connectivity index (χ1) is 23.2. The van der Waals surface area contributed by atoms with Crippen molar-refractivity contribution in [1.82, 2.24) is 10.2 Å². The number of primary amides is 1. The summed E-state index contributed by atoms with van der Waals surface area (Å²) < 4.78 is 25.5. The molecule has 0 bridgehead atoms. The van der Waals surface area contributed by atoms with E-state index in [1.54, 1.807) is 32.9 Å². The molecule has 1 atom stereocenters. The van der Waals surface area contributed by atoms with E-state index in [0.29, 0.717) is 25.3 Å². The molecule has 1 saturated heterocycles. The highest BCUT2D eigenvalue weighted by molar-refractivity contribution is 6.01. The molecule has 0 aromatic heterocycles. The summed E-state index contributed by atoms with van der Waals surface area (Å²) in [7, 11) is 0. The van der Waals surface area contributed by atoms with Crippen molar-refractivity contribution in [2.45, 2.75) is 58.4 Å². The third kappa shape index (κ3) is 10.2. The number of rotatable bonds is 13. The van der Waals surface area contributed by atoms with Gasteiger partial charge in [0, 0.05) is 39.1 Å². The summed E-state index contributed by atoms with van der Waals surface area (Å²) in [6.07, 6.45) is -0.350. The SMILES string of the molecule is CC(C)(C)OC(=O)CC[C@H](NC(=O)c1cccc(OCc2ccc(CN3CCN(c4ccc(C#N)cc4F)CC3)cc2)c1[N+](=O)[O-])C(N)=O. The predicted molar refractivity (Wildman–Crippen MR) is 178 cm³/mol. The van der Waals surface area contributed by atoms with E-state index in [-0.39, 0.29) is 36.3 Å². The summed E-state index contributed by atoms with van der Waals surface area (Å²) in [5, 5.41) is 23.4. The molecule has 1 heterocycles. The van der Waals surface area contributed by atoms with Gasteiger partial charge in [0.2, 0.25) is 5.91 Å². The van der Waals surface area contributed by atoms with Crippen molar-refractivity contribution in [3.8, 4) is 11.8 Å². The highest BCUT2D eigenvalue weighted by Gasteiger charge is 2.29. The molecular weight excluding hydrogens is 635 g/mol. The third-order valence-corrected chi connectivity index (χ3v) is 7.75. The first kappa shape index (κ1) is 36.3. The Balaban J connectivity index is 1.33. The topological polar surface area (TPSA) is 181 Å². The number of nitrogens with one attached hydrogen (secondary N) is 1. The molecule has 13 nitrogen and oxygen atoms in total. The number of amides is 2. The Labute approximate surface area is 283 Å². The van der Waals surface area contributed by atoms with Crippen LogP contribution in [0.25, 0.3) is 0 Å². The number of nitro benzene ring substituents is 1. The van der Waals surface area contributed by atoms with Crippen molar-refractivity contribution in [3.63, 3.8) is 0 Å². The third-order valence-electron chi connectivity index (χ3n) is 7.75. The lowest BCUT2D eigenvalue weighted by atomic mass is 10.1. The summed E-state index contributed by atoms with van der Waals surface area (Å²) >= 11 is 0. The molecule has 2 amide bonds. The molecular formula is C35H39FN6O7. The average molecular weight is 675 g/mol. The van der Waals surface area contributed by atoms with Crippen LogP contribution in [0.3, 0.4) is 0 Å². The Kier molecular flexibility index (Phi) is 11.9. The Morgan fingerprint density at radius 3 is 2.33 bits per heavy atom. The number of nitrogens with zero attached hydrogens (tertiary/aromatic N) is 4. The molecule has 3 aromatic rings. The molecule has 49 heavy (non-hydrogen) atoms. The summed E-state index contributed by atoms with van der Waals surface area (Å²) in [6.45, 7) is 8.47. The average Bonchev–Trinajstić information content (AvgIpc) is 3.05. The van der Waals surface area contributed by atoms with Crippen LogP contribution < -0.4 is 20.7 Å². The quantitative estimate of drug-likeness (QED) is 0.151. The molecule has 14 heteroatoms. The van der Waals surface area contributed by atoms with Crippen molar-refractivity contribution in [2.75, 3.05) is 31.1 Å². The van der Waals surface area contributed by atoms with Crippen LogP contribution in [0.1, 0.15) is 60.7 Å². The zero-order chi connectivity index (χ0) is 35.7. The highest BCUT2D eigenvalue weighted by atomic mass is 19.1. The number of carbonyl (C=O) groups is 3. The van der Waals surface area contributed by atoms with E-state index in [4.69, 9.17) is 20.5 Å². The van der Waals surface area contributed by atoms with Crippen molar-refractivity contribution in [3.05, 3.63) is 98.8 Å². The van der Waals surface area contributed by atoms with E-state index in [2.05, 4.69) is 10.2 Å². The van der Waals surface area contributed by atoms with Gasteiger partial charge in [0.05, 0.1) is 22.2 Å². The van der Waals surface area contributed by atoms with Crippen LogP contribution in [0.15, 0.2) is 60.7 Å². The normalized spacial score (nSPS) is 14.0. The van der Waals surface area contributed by atoms with Gasteiger partial charge in [0.1, 0.15) is 29.6 Å². The molecule has 0 saturated carbocycles. The van der Waals surface area contributed by atoms with Crippen LogP contribution in [0.4, 0.5) is 15.8 Å². The molecule has 3 aromatic carbocycles. The van der Waals surface area contributed by atoms with Gasteiger partial charge in [-0.15, -0.1) is 0 Å². The van der Waals surface area contributed by atoms with Gasteiger partial charge in [0.25, 0.3) is 5.91 Å². The lowest BCUT2D eigenvalue weighted by Crippen LogP contribution is -2.46. The highest BCUT2D eigenvalue weighted by Crippen LogP contribution is 2.32. The van der Waals surface area contributed by atoms with Crippen LogP contribution >= 0.6 is 0 Å². The summed E-state index contributed by atoms with van der Waals surface area (Å²) in [4.78, 5) is 52.7.